The largest absolute Gasteiger partial charge is 0.442 e. The number of halogens is 1. The third-order valence-corrected chi connectivity index (χ3v) is 7.52. The number of benzene rings is 2. The normalized spacial score (nSPS) is 19.9. The number of hydrogen-bond acceptors (Lipinski definition) is 6. The van der Waals surface area contributed by atoms with E-state index in [0.29, 0.717) is 22.3 Å². The second-order valence-electron chi connectivity index (χ2n) is 10.7. The third-order valence-electron chi connectivity index (χ3n) is 7.52. The zero-order chi connectivity index (χ0) is 28.4. The average molecular weight is 546 g/mol. The molecule has 1 aromatic heterocycles. The van der Waals surface area contributed by atoms with Crippen molar-refractivity contribution in [2.24, 2.45) is 11.3 Å². The highest BCUT2D eigenvalue weighted by Crippen LogP contribution is 2.38. The van der Waals surface area contributed by atoms with Gasteiger partial charge in [0.15, 0.2) is 0 Å². The molecule has 2 heterocycles. The molecule has 0 spiro atoms. The molecule has 1 aliphatic heterocycles. The van der Waals surface area contributed by atoms with Crippen LogP contribution in [0.25, 0.3) is 22.2 Å². The van der Waals surface area contributed by atoms with Gasteiger partial charge < -0.3 is 10.1 Å². The number of carbonyl (C=O) groups excluding carboxylic acids is 3. The van der Waals surface area contributed by atoms with E-state index in [1.165, 1.54) is 22.6 Å². The lowest BCUT2D eigenvalue weighted by molar-refractivity contribution is -0.128. The van der Waals surface area contributed by atoms with Crippen molar-refractivity contribution in [3.63, 3.8) is 0 Å². The molecule has 1 aliphatic carbocycles. The zero-order valence-corrected chi connectivity index (χ0v) is 22.7. The Morgan fingerprint density at radius 3 is 2.75 bits per heavy atom. The highest BCUT2D eigenvalue weighted by molar-refractivity contribution is 6.00. The number of ketones is 1. The smallest absolute Gasteiger partial charge is 0.414 e. The number of hydrogen-bond donors (Lipinski definition) is 2. The maximum atomic E-state index is 15.1. The number of fused-ring (bicyclic) bond motifs is 1. The molecule has 3 aromatic rings. The molecule has 0 saturated carbocycles. The number of ether oxygens (including phenoxy) is 1. The molecule has 1 saturated heterocycles. The van der Waals surface area contributed by atoms with E-state index in [1.807, 2.05) is 26.0 Å². The first-order chi connectivity index (χ1) is 19.2. The molecule has 2 aliphatic rings. The summed E-state index contributed by atoms with van der Waals surface area (Å²) < 4.78 is 20.6. The third kappa shape index (κ3) is 5.38. The SMILES string of the molecule is CCC1=CC(C)(C)[C@@H](C(=O)CCC(=O)NCC2CN(c3cccc(F)c3-c3cccc4n[nH]nc34)C(=O)O2)C=C1. The lowest BCUT2D eigenvalue weighted by Gasteiger charge is -2.32. The van der Waals surface area contributed by atoms with E-state index >= 15 is 4.39 Å². The minimum absolute atomic E-state index is 0.0158. The Balaban J connectivity index is 1.20. The van der Waals surface area contributed by atoms with Crippen LogP contribution >= 0.6 is 0 Å². The number of aromatic amines is 1. The predicted molar refractivity (Wildman–Crippen MR) is 149 cm³/mol. The Bertz CT molecular complexity index is 1530. The monoisotopic (exact) mass is 545 g/mol. The van der Waals surface area contributed by atoms with Gasteiger partial charge in [0.2, 0.25) is 5.91 Å². The molecule has 10 heteroatoms. The van der Waals surface area contributed by atoms with Gasteiger partial charge in [-0.1, -0.05) is 62.8 Å². The van der Waals surface area contributed by atoms with Crippen molar-refractivity contribution in [3.8, 4) is 11.1 Å². The molecular formula is C30H32FN5O4. The van der Waals surface area contributed by atoms with Crippen molar-refractivity contribution < 1.29 is 23.5 Å². The van der Waals surface area contributed by atoms with E-state index in [9.17, 15) is 14.4 Å². The lowest BCUT2D eigenvalue weighted by atomic mass is 9.71. The summed E-state index contributed by atoms with van der Waals surface area (Å²) in [6.07, 6.45) is 5.86. The number of para-hydroxylation sites is 1. The lowest BCUT2D eigenvalue weighted by Crippen LogP contribution is -2.35. The van der Waals surface area contributed by atoms with Gasteiger partial charge in [-0.25, -0.2) is 9.18 Å². The van der Waals surface area contributed by atoms with Crippen molar-refractivity contribution in [2.45, 2.75) is 46.1 Å². The topological polar surface area (TPSA) is 117 Å². The van der Waals surface area contributed by atoms with Crippen LogP contribution in [0.1, 0.15) is 40.0 Å². The van der Waals surface area contributed by atoms with Crippen molar-refractivity contribution >= 4 is 34.5 Å². The summed E-state index contributed by atoms with van der Waals surface area (Å²) in [5.74, 6) is -1.07. The van der Waals surface area contributed by atoms with Gasteiger partial charge in [0, 0.05) is 29.9 Å². The van der Waals surface area contributed by atoms with E-state index in [2.05, 4.69) is 33.7 Å². The van der Waals surface area contributed by atoms with Gasteiger partial charge in [0.05, 0.1) is 18.8 Å². The van der Waals surface area contributed by atoms with E-state index < -0.39 is 18.0 Å². The highest BCUT2D eigenvalue weighted by Gasteiger charge is 2.36. The number of H-pyrrole nitrogens is 1. The molecule has 2 aromatic carbocycles. The molecule has 1 unspecified atom stereocenters. The summed E-state index contributed by atoms with van der Waals surface area (Å²) >= 11 is 0. The van der Waals surface area contributed by atoms with Crippen LogP contribution in [0.4, 0.5) is 14.9 Å². The summed E-state index contributed by atoms with van der Waals surface area (Å²) in [4.78, 5) is 39.6. The number of aromatic nitrogens is 3. The summed E-state index contributed by atoms with van der Waals surface area (Å²) in [6.45, 7) is 6.35. The van der Waals surface area contributed by atoms with Crippen molar-refractivity contribution in [3.05, 3.63) is 66.0 Å². The molecule has 208 valence electrons. The highest BCUT2D eigenvalue weighted by atomic mass is 19.1. The molecule has 9 nitrogen and oxygen atoms in total. The van der Waals surface area contributed by atoms with E-state index in [-0.39, 0.29) is 54.5 Å². The molecule has 40 heavy (non-hydrogen) atoms. The number of cyclic esters (lactones) is 1. The van der Waals surface area contributed by atoms with Gasteiger partial charge in [-0.3, -0.25) is 14.5 Å². The summed E-state index contributed by atoms with van der Waals surface area (Å²) in [5, 5.41) is 13.5. The Morgan fingerprint density at radius 2 is 1.98 bits per heavy atom. The van der Waals surface area contributed by atoms with Crippen LogP contribution in [-0.4, -0.2) is 52.4 Å². The summed E-state index contributed by atoms with van der Waals surface area (Å²) in [6, 6.07) is 9.71. The fraction of sp³-hybridized carbons (Fsp3) is 0.367. The van der Waals surface area contributed by atoms with Gasteiger partial charge >= 0.3 is 6.09 Å². The van der Waals surface area contributed by atoms with Crippen LogP contribution < -0.4 is 10.2 Å². The van der Waals surface area contributed by atoms with Crippen LogP contribution in [0.2, 0.25) is 0 Å². The average Bonchev–Trinajstić information content (AvgIpc) is 3.56. The van der Waals surface area contributed by atoms with E-state index in [4.69, 9.17) is 4.74 Å². The molecule has 0 radical (unpaired) electrons. The number of nitrogens with zero attached hydrogens (tertiary/aromatic N) is 3. The number of allylic oxidation sites excluding steroid dienone is 4. The van der Waals surface area contributed by atoms with Crippen molar-refractivity contribution in [1.29, 1.82) is 0 Å². The van der Waals surface area contributed by atoms with E-state index in [1.54, 1.807) is 24.3 Å². The first kappa shape index (κ1) is 27.2. The standard InChI is InChI=1S/C30H32FN5O4/c1-4-18-11-12-21(30(2,3)15-18)25(37)13-14-26(38)32-16-19-17-36(29(39)40-19)24-10-6-8-22(31)27(24)20-7-5-9-23-28(20)34-35-33-23/h5-12,15,19,21H,4,13-14,16-17H2,1-3H3,(H,32,38)(H,33,34,35)/t19?,21-/m1/s1. The molecule has 5 rings (SSSR count). The quantitative estimate of drug-likeness (QED) is 0.386. The van der Waals surface area contributed by atoms with Crippen molar-refractivity contribution in [2.75, 3.05) is 18.0 Å². The molecule has 2 N–H and O–H groups in total. The molecule has 2 amide bonds. The number of anilines is 1. The Hall–Kier alpha value is -4.34. The molecule has 2 atom stereocenters. The number of rotatable bonds is 9. The Morgan fingerprint density at radius 1 is 1.18 bits per heavy atom. The fourth-order valence-electron chi connectivity index (χ4n) is 5.43. The number of amides is 2. The van der Waals surface area contributed by atoms with Crippen molar-refractivity contribution in [1.82, 2.24) is 20.7 Å². The van der Waals surface area contributed by atoms with Gasteiger partial charge in [-0.15, -0.1) is 0 Å². The van der Waals surface area contributed by atoms with Crippen LogP contribution in [0.15, 0.2) is 60.2 Å². The maximum absolute atomic E-state index is 15.1. The predicted octanol–water partition coefficient (Wildman–Crippen LogP) is 5.10. The van der Waals surface area contributed by atoms with Gasteiger partial charge in [-0.05, 0) is 30.0 Å². The number of carbonyl (C=O) groups is 3. The van der Waals surface area contributed by atoms with Gasteiger partial charge in [0.25, 0.3) is 0 Å². The second-order valence-corrected chi connectivity index (χ2v) is 10.7. The summed E-state index contributed by atoms with van der Waals surface area (Å²) in [5.41, 5.74) is 2.99. The van der Waals surface area contributed by atoms with Gasteiger partial charge in [0.1, 0.15) is 28.7 Å². The minimum atomic E-state index is -0.639. The number of Topliss-reactive ketones (excluding diaryl/α,β-unsaturated/α-hetero) is 1. The van der Waals surface area contributed by atoms with Crippen LogP contribution in [0, 0.1) is 17.2 Å². The first-order valence-electron chi connectivity index (χ1n) is 13.4. The second kappa shape index (κ2) is 11.0. The maximum Gasteiger partial charge on any atom is 0.414 e. The first-order valence-corrected chi connectivity index (χ1v) is 13.4. The van der Waals surface area contributed by atoms with Gasteiger partial charge in [-0.2, -0.15) is 15.4 Å². The molecular weight excluding hydrogens is 513 g/mol. The molecule has 0 bridgehead atoms. The van der Waals surface area contributed by atoms with Crippen LogP contribution in [-0.2, 0) is 14.3 Å². The Labute approximate surface area is 231 Å². The number of nitrogens with one attached hydrogen (secondary N) is 2. The minimum Gasteiger partial charge on any atom is -0.442 e. The zero-order valence-electron chi connectivity index (χ0n) is 22.7. The Kier molecular flexibility index (Phi) is 7.51. The summed E-state index contributed by atoms with van der Waals surface area (Å²) in [7, 11) is 0. The van der Waals surface area contributed by atoms with Crippen LogP contribution in [0.3, 0.4) is 0 Å². The van der Waals surface area contributed by atoms with E-state index in [0.717, 1.165) is 6.42 Å². The fourth-order valence-corrected chi connectivity index (χ4v) is 5.43. The van der Waals surface area contributed by atoms with Crippen LogP contribution in [0.5, 0.6) is 0 Å². The molecule has 1 fully saturated rings.